The lowest BCUT2D eigenvalue weighted by atomic mass is 10.5. The Hall–Kier alpha value is -0.0200. The van der Waals surface area contributed by atoms with Crippen LogP contribution in [0.2, 0.25) is 0 Å². The molecule has 0 aliphatic heterocycles. The van der Waals surface area contributed by atoms with Crippen LogP contribution in [0.4, 0.5) is 0 Å². The fraction of sp³-hybridized carbons (Fsp3) is 0.500. The number of rotatable bonds is 2. The summed E-state index contributed by atoms with van der Waals surface area (Å²) in [6, 6.07) is 0. The maximum Gasteiger partial charge on any atom is 0.0722 e. The highest BCUT2D eigenvalue weighted by molar-refractivity contribution is 8.23. The Kier molecular flexibility index (Phi) is 4.81. The van der Waals surface area contributed by atoms with Crippen molar-refractivity contribution in [2.75, 3.05) is 5.75 Å². The van der Waals surface area contributed by atoms with Gasteiger partial charge in [0.2, 0.25) is 0 Å². The topological polar surface area (TPSA) is 26.0 Å². The molecule has 0 aromatic carbocycles. The highest BCUT2D eigenvalue weighted by atomic mass is 32.2. The summed E-state index contributed by atoms with van der Waals surface area (Å²) in [6.45, 7) is 3.90. The summed E-state index contributed by atoms with van der Waals surface area (Å²) in [5, 5.41) is 0. The lowest BCUT2D eigenvalue weighted by Gasteiger charge is -1.92. The van der Waals surface area contributed by atoms with Crippen molar-refractivity contribution in [2.45, 2.75) is 13.8 Å². The predicted molar refractivity (Wildman–Crippen MR) is 48.7 cm³/mol. The Bertz CT molecular complexity index is 125. The highest BCUT2D eigenvalue weighted by Crippen LogP contribution is 2.04. The predicted octanol–water partition coefficient (Wildman–Crippen LogP) is 1.93. The van der Waals surface area contributed by atoms with Gasteiger partial charge in [0, 0.05) is 5.70 Å². The first kappa shape index (κ1) is 8.98. The van der Waals surface area contributed by atoms with E-state index >= 15 is 0 Å². The highest BCUT2D eigenvalue weighted by Gasteiger charge is 1.88. The van der Waals surface area contributed by atoms with Crippen LogP contribution in [0.15, 0.2) is 11.8 Å². The molecule has 2 N–H and O–H groups in total. The Balaban J connectivity index is 3.63. The molecular formula is C6H11NS2. The maximum absolute atomic E-state index is 5.38. The molecule has 0 atom stereocenters. The fourth-order valence-electron chi connectivity index (χ4n) is 0.370. The van der Waals surface area contributed by atoms with E-state index in [1.807, 2.05) is 13.0 Å². The van der Waals surface area contributed by atoms with Crippen molar-refractivity contribution in [1.29, 1.82) is 0 Å². The van der Waals surface area contributed by atoms with E-state index in [-0.39, 0.29) is 0 Å². The van der Waals surface area contributed by atoms with Crippen LogP contribution in [-0.2, 0) is 0 Å². The number of thioether (sulfide) groups is 1. The molecule has 0 unspecified atom stereocenters. The zero-order valence-corrected chi connectivity index (χ0v) is 7.31. The van der Waals surface area contributed by atoms with Gasteiger partial charge in [-0.15, -0.1) is 11.8 Å². The van der Waals surface area contributed by atoms with Crippen molar-refractivity contribution in [2.24, 2.45) is 5.73 Å². The zero-order valence-electron chi connectivity index (χ0n) is 5.68. The van der Waals surface area contributed by atoms with Crippen molar-refractivity contribution < 1.29 is 0 Å². The van der Waals surface area contributed by atoms with Gasteiger partial charge in [-0.05, 0) is 18.8 Å². The second-order valence-corrected chi connectivity index (χ2v) is 3.64. The SMILES string of the molecule is CCSC(=S)/C=C(/C)N. The molecule has 0 aliphatic rings. The van der Waals surface area contributed by atoms with Gasteiger partial charge in [0.1, 0.15) is 0 Å². The molecular weight excluding hydrogens is 150 g/mol. The lowest BCUT2D eigenvalue weighted by molar-refractivity contribution is 1.33. The van der Waals surface area contributed by atoms with Crippen molar-refractivity contribution in [3.63, 3.8) is 0 Å². The Morgan fingerprint density at radius 1 is 1.78 bits per heavy atom. The van der Waals surface area contributed by atoms with Gasteiger partial charge in [-0.25, -0.2) is 0 Å². The van der Waals surface area contributed by atoms with Crippen LogP contribution in [-0.4, -0.2) is 9.95 Å². The second kappa shape index (κ2) is 4.82. The molecule has 0 rings (SSSR count). The van der Waals surface area contributed by atoms with E-state index in [1.165, 1.54) is 0 Å². The second-order valence-electron chi connectivity index (χ2n) is 1.64. The lowest BCUT2D eigenvalue weighted by Crippen LogP contribution is -1.93. The molecule has 52 valence electrons. The molecule has 0 heterocycles. The smallest absolute Gasteiger partial charge is 0.0722 e. The molecule has 0 amide bonds. The van der Waals surface area contributed by atoms with Gasteiger partial charge in [-0.3, -0.25) is 0 Å². The summed E-state index contributed by atoms with van der Waals surface area (Å²) < 4.78 is 0.873. The van der Waals surface area contributed by atoms with Crippen LogP contribution in [0.1, 0.15) is 13.8 Å². The summed E-state index contributed by atoms with van der Waals surface area (Å²) in [4.78, 5) is 0. The van der Waals surface area contributed by atoms with Crippen molar-refractivity contribution in [3.05, 3.63) is 11.8 Å². The van der Waals surface area contributed by atoms with Crippen molar-refractivity contribution in [3.8, 4) is 0 Å². The molecule has 3 heteroatoms. The molecule has 0 bridgehead atoms. The summed E-state index contributed by atoms with van der Waals surface area (Å²) in [5.74, 6) is 1.02. The summed E-state index contributed by atoms with van der Waals surface area (Å²) in [5.41, 5.74) is 6.16. The minimum Gasteiger partial charge on any atom is -0.402 e. The zero-order chi connectivity index (χ0) is 7.28. The van der Waals surface area contributed by atoms with Crippen molar-refractivity contribution >= 4 is 28.2 Å². The minimum atomic E-state index is 0.779. The molecule has 9 heavy (non-hydrogen) atoms. The van der Waals surface area contributed by atoms with E-state index in [9.17, 15) is 0 Å². The third-order valence-electron chi connectivity index (χ3n) is 0.632. The quantitative estimate of drug-likeness (QED) is 0.495. The molecule has 1 nitrogen and oxygen atoms in total. The molecule has 0 saturated heterocycles. The van der Waals surface area contributed by atoms with Gasteiger partial charge in [0.05, 0.1) is 4.20 Å². The Morgan fingerprint density at radius 3 is 2.67 bits per heavy atom. The third-order valence-corrected chi connectivity index (χ3v) is 1.79. The molecule has 0 aromatic heterocycles. The van der Waals surface area contributed by atoms with Gasteiger partial charge in [-0.1, -0.05) is 19.1 Å². The number of thiocarbonyl (C=S) groups is 1. The van der Waals surface area contributed by atoms with Gasteiger partial charge < -0.3 is 5.73 Å². The first-order valence-corrected chi connectivity index (χ1v) is 4.16. The van der Waals surface area contributed by atoms with Crippen LogP contribution < -0.4 is 5.73 Å². The average molecular weight is 161 g/mol. The van der Waals surface area contributed by atoms with Crippen LogP contribution in [0.3, 0.4) is 0 Å². The van der Waals surface area contributed by atoms with Crippen LogP contribution >= 0.6 is 24.0 Å². The number of nitrogens with two attached hydrogens (primary N) is 1. The van der Waals surface area contributed by atoms with Crippen LogP contribution in [0.5, 0.6) is 0 Å². The molecule has 0 saturated carbocycles. The van der Waals surface area contributed by atoms with E-state index in [0.29, 0.717) is 0 Å². The van der Waals surface area contributed by atoms with E-state index in [1.54, 1.807) is 11.8 Å². The minimum absolute atomic E-state index is 0.779. The molecule has 0 spiro atoms. The molecule has 0 aliphatic carbocycles. The summed E-state index contributed by atoms with van der Waals surface area (Å²) in [7, 11) is 0. The van der Waals surface area contributed by atoms with Gasteiger partial charge in [0.25, 0.3) is 0 Å². The van der Waals surface area contributed by atoms with E-state index in [2.05, 4.69) is 6.92 Å². The number of hydrogen-bond donors (Lipinski definition) is 1. The monoisotopic (exact) mass is 161 g/mol. The van der Waals surface area contributed by atoms with Gasteiger partial charge in [0.15, 0.2) is 0 Å². The molecule has 0 radical (unpaired) electrons. The summed E-state index contributed by atoms with van der Waals surface area (Å²) in [6.07, 6.45) is 1.81. The maximum atomic E-state index is 5.38. The van der Waals surface area contributed by atoms with E-state index < -0.39 is 0 Å². The van der Waals surface area contributed by atoms with Gasteiger partial charge in [-0.2, -0.15) is 0 Å². The normalized spacial score (nSPS) is 11.6. The Morgan fingerprint density at radius 2 is 2.33 bits per heavy atom. The number of allylic oxidation sites excluding steroid dienone is 1. The first-order chi connectivity index (χ1) is 4.16. The van der Waals surface area contributed by atoms with Gasteiger partial charge >= 0.3 is 0 Å². The summed E-state index contributed by atoms with van der Waals surface area (Å²) >= 11 is 6.57. The molecule has 0 aromatic rings. The van der Waals surface area contributed by atoms with E-state index in [0.717, 1.165) is 15.6 Å². The average Bonchev–Trinajstić information content (AvgIpc) is 1.63. The van der Waals surface area contributed by atoms with Crippen LogP contribution in [0.25, 0.3) is 0 Å². The first-order valence-electron chi connectivity index (χ1n) is 2.77. The third kappa shape index (κ3) is 5.86. The standard InChI is InChI=1S/C6H11NS2/c1-3-9-6(8)4-5(2)7/h4H,3,7H2,1-2H3/b5-4-. The fourth-order valence-corrected chi connectivity index (χ4v) is 1.46. The molecule has 0 fully saturated rings. The Labute approximate surface area is 65.7 Å². The van der Waals surface area contributed by atoms with E-state index in [4.69, 9.17) is 18.0 Å². The number of hydrogen-bond acceptors (Lipinski definition) is 3. The van der Waals surface area contributed by atoms with Crippen molar-refractivity contribution in [1.82, 2.24) is 0 Å². The largest absolute Gasteiger partial charge is 0.402 e. The van der Waals surface area contributed by atoms with Crippen LogP contribution in [0, 0.1) is 0 Å².